The Hall–Kier alpha value is -3.47. The zero-order valence-electron chi connectivity index (χ0n) is 17.1. The Bertz CT molecular complexity index is 1110. The van der Waals surface area contributed by atoms with Crippen molar-refractivity contribution in [3.63, 3.8) is 0 Å². The predicted octanol–water partition coefficient (Wildman–Crippen LogP) is 4.84. The molecule has 156 valence electrons. The van der Waals surface area contributed by atoms with Gasteiger partial charge in [0, 0.05) is 24.3 Å². The first-order valence-corrected chi connectivity index (χ1v) is 10.6. The molecule has 5 heteroatoms. The molecule has 1 atom stereocenters. The van der Waals surface area contributed by atoms with Crippen molar-refractivity contribution in [3.8, 4) is 0 Å². The van der Waals surface area contributed by atoms with Gasteiger partial charge in [0.2, 0.25) is 5.91 Å². The van der Waals surface area contributed by atoms with Crippen molar-refractivity contribution in [2.45, 2.75) is 18.9 Å². The first-order valence-electron chi connectivity index (χ1n) is 10.6. The van der Waals surface area contributed by atoms with Gasteiger partial charge >= 0.3 is 0 Å². The Labute approximate surface area is 180 Å². The number of piperidine rings is 1. The van der Waals surface area contributed by atoms with Crippen LogP contribution in [0.3, 0.4) is 0 Å². The fourth-order valence-corrected chi connectivity index (χ4v) is 5.01. The van der Waals surface area contributed by atoms with Crippen molar-refractivity contribution in [1.82, 2.24) is 4.90 Å². The molecule has 2 saturated heterocycles. The molecular weight excluding hydrogens is 391 g/mol. The Balaban J connectivity index is 1.43. The monoisotopic (exact) mass is 414 g/mol. The number of hydrogen-bond donors (Lipinski definition) is 0. The van der Waals surface area contributed by atoms with Crippen LogP contribution in [0.2, 0.25) is 0 Å². The summed E-state index contributed by atoms with van der Waals surface area (Å²) in [6.07, 6.45) is 1.19. The molecule has 0 aliphatic carbocycles. The lowest BCUT2D eigenvalue weighted by atomic mass is 9.62. The molecule has 0 N–H and O–H groups in total. The van der Waals surface area contributed by atoms with Gasteiger partial charge in [-0.05, 0) is 48.7 Å². The summed E-state index contributed by atoms with van der Waals surface area (Å²) in [5.74, 6) is -0.347. The number of halogens is 1. The lowest BCUT2D eigenvalue weighted by molar-refractivity contribution is -0.144. The SMILES string of the molecule is O=C(c1ccccc1)N1CCC2(CC1)C(=O)N(c1cccc(F)c1)C2c1ccccc1. The summed E-state index contributed by atoms with van der Waals surface area (Å²) in [6.45, 7) is 1.06. The summed E-state index contributed by atoms with van der Waals surface area (Å²) in [5.41, 5.74) is 1.71. The summed E-state index contributed by atoms with van der Waals surface area (Å²) in [6, 6.07) is 25.2. The highest BCUT2D eigenvalue weighted by Gasteiger charge is 2.62. The van der Waals surface area contributed by atoms with E-state index in [1.165, 1.54) is 12.1 Å². The quantitative estimate of drug-likeness (QED) is 0.576. The molecule has 0 aromatic heterocycles. The molecule has 1 unspecified atom stereocenters. The topological polar surface area (TPSA) is 40.6 Å². The number of likely N-dealkylation sites (tertiary alicyclic amines) is 1. The average molecular weight is 414 g/mol. The predicted molar refractivity (Wildman–Crippen MR) is 117 cm³/mol. The molecule has 1 spiro atoms. The highest BCUT2D eigenvalue weighted by Crippen LogP contribution is 2.57. The Morgan fingerprint density at radius 3 is 2.16 bits per heavy atom. The maximum absolute atomic E-state index is 13.9. The summed E-state index contributed by atoms with van der Waals surface area (Å²) >= 11 is 0. The number of hydrogen-bond acceptors (Lipinski definition) is 2. The molecule has 2 amide bonds. The van der Waals surface area contributed by atoms with Crippen molar-refractivity contribution in [2.24, 2.45) is 5.41 Å². The first-order chi connectivity index (χ1) is 15.1. The van der Waals surface area contributed by atoms with E-state index in [0.29, 0.717) is 37.2 Å². The van der Waals surface area contributed by atoms with Gasteiger partial charge in [0.1, 0.15) is 5.82 Å². The second kappa shape index (κ2) is 7.65. The van der Waals surface area contributed by atoms with Gasteiger partial charge in [0.15, 0.2) is 0 Å². The highest BCUT2D eigenvalue weighted by molar-refractivity contribution is 6.06. The van der Waals surface area contributed by atoms with Crippen molar-refractivity contribution in [1.29, 1.82) is 0 Å². The fraction of sp³-hybridized carbons (Fsp3) is 0.231. The second-order valence-corrected chi connectivity index (χ2v) is 8.28. The van der Waals surface area contributed by atoms with Gasteiger partial charge in [0.25, 0.3) is 5.91 Å². The Kier molecular flexibility index (Phi) is 4.81. The van der Waals surface area contributed by atoms with Crippen LogP contribution in [0.5, 0.6) is 0 Å². The minimum atomic E-state index is -0.568. The molecule has 3 aromatic carbocycles. The third kappa shape index (κ3) is 3.21. The molecule has 3 aromatic rings. The van der Waals surface area contributed by atoms with Crippen LogP contribution in [0.15, 0.2) is 84.9 Å². The van der Waals surface area contributed by atoms with Gasteiger partial charge in [0.05, 0.1) is 11.5 Å². The maximum Gasteiger partial charge on any atom is 0.253 e. The largest absolute Gasteiger partial charge is 0.339 e. The number of β-lactam (4-membered cyclic amide) rings is 1. The lowest BCUT2D eigenvalue weighted by Crippen LogP contribution is -2.67. The van der Waals surface area contributed by atoms with E-state index in [-0.39, 0.29) is 23.7 Å². The number of carbonyl (C=O) groups excluding carboxylic acids is 2. The van der Waals surface area contributed by atoms with Crippen LogP contribution in [-0.2, 0) is 4.79 Å². The van der Waals surface area contributed by atoms with Crippen LogP contribution in [0.1, 0.15) is 34.8 Å². The van der Waals surface area contributed by atoms with E-state index in [9.17, 15) is 14.0 Å². The zero-order valence-corrected chi connectivity index (χ0v) is 17.1. The molecule has 31 heavy (non-hydrogen) atoms. The molecule has 2 aliphatic rings. The summed E-state index contributed by atoms with van der Waals surface area (Å²) < 4.78 is 13.9. The zero-order chi connectivity index (χ0) is 21.4. The van der Waals surface area contributed by atoms with Crippen LogP contribution < -0.4 is 4.90 Å². The van der Waals surface area contributed by atoms with Gasteiger partial charge in [-0.15, -0.1) is 0 Å². The molecular formula is C26H23FN2O2. The fourth-order valence-electron chi connectivity index (χ4n) is 5.01. The minimum Gasteiger partial charge on any atom is -0.339 e. The van der Waals surface area contributed by atoms with Crippen LogP contribution in [0, 0.1) is 11.2 Å². The van der Waals surface area contributed by atoms with Crippen molar-refractivity contribution >= 4 is 17.5 Å². The van der Waals surface area contributed by atoms with Gasteiger partial charge in [-0.3, -0.25) is 9.59 Å². The van der Waals surface area contributed by atoms with E-state index in [1.807, 2.05) is 65.6 Å². The molecule has 2 aliphatic heterocycles. The molecule has 4 nitrogen and oxygen atoms in total. The van der Waals surface area contributed by atoms with E-state index in [4.69, 9.17) is 0 Å². The maximum atomic E-state index is 13.9. The number of anilines is 1. The summed E-state index contributed by atoms with van der Waals surface area (Å²) in [7, 11) is 0. The summed E-state index contributed by atoms with van der Waals surface area (Å²) in [5, 5.41) is 0. The molecule has 2 heterocycles. The Morgan fingerprint density at radius 1 is 0.871 bits per heavy atom. The number of nitrogens with zero attached hydrogens (tertiary/aromatic N) is 2. The van der Waals surface area contributed by atoms with Crippen LogP contribution in [0.25, 0.3) is 0 Å². The van der Waals surface area contributed by atoms with Crippen LogP contribution in [-0.4, -0.2) is 29.8 Å². The number of amides is 2. The van der Waals surface area contributed by atoms with Crippen molar-refractivity contribution in [3.05, 3.63) is 102 Å². The smallest absolute Gasteiger partial charge is 0.253 e. The molecule has 2 fully saturated rings. The van der Waals surface area contributed by atoms with E-state index in [2.05, 4.69) is 0 Å². The highest BCUT2D eigenvalue weighted by atomic mass is 19.1. The average Bonchev–Trinajstić information content (AvgIpc) is 2.82. The molecule has 0 bridgehead atoms. The Morgan fingerprint density at radius 2 is 1.52 bits per heavy atom. The third-order valence-electron chi connectivity index (χ3n) is 6.59. The second-order valence-electron chi connectivity index (χ2n) is 8.28. The van der Waals surface area contributed by atoms with E-state index in [1.54, 1.807) is 17.0 Å². The lowest BCUT2D eigenvalue weighted by Gasteiger charge is -2.59. The molecule has 0 radical (unpaired) electrons. The standard InChI is InChI=1S/C26H23FN2O2/c27-21-12-7-13-22(18-21)29-23(19-8-3-1-4-9-19)26(25(29)31)14-16-28(17-15-26)24(30)20-10-5-2-6-11-20/h1-13,18,23H,14-17H2. The van der Waals surface area contributed by atoms with Crippen LogP contribution in [0.4, 0.5) is 10.1 Å². The van der Waals surface area contributed by atoms with Gasteiger partial charge < -0.3 is 9.80 Å². The van der Waals surface area contributed by atoms with Gasteiger partial charge in [-0.1, -0.05) is 54.6 Å². The summed E-state index contributed by atoms with van der Waals surface area (Å²) in [4.78, 5) is 29.9. The van der Waals surface area contributed by atoms with Crippen molar-refractivity contribution in [2.75, 3.05) is 18.0 Å². The number of benzene rings is 3. The van der Waals surface area contributed by atoms with Crippen LogP contribution >= 0.6 is 0 Å². The van der Waals surface area contributed by atoms with Gasteiger partial charge in [-0.25, -0.2) is 4.39 Å². The van der Waals surface area contributed by atoms with E-state index >= 15 is 0 Å². The van der Waals surface area contributed by atoms with E-state index < -0.39 is 5.41 Å². The first kappa shape index (κ1) is 19.5. The number of rotatable bonds is 3. The number of carbonyl (C=O) groups is 2. The van der Waals surface area contributed by atoms with Gasteiger partial charge in [-0.2, -0.15) is 0 Å². The third-order valence-corrected chi connectivity index (χ3v) is 6.59. The minimum absolute atomic E-state index is 0.000435. The molecule has 0 saturated carbocycles. The van der Waals surface area contributed by atoms with E-state index in [0.717, 1.165) is 5.56 Å². The normalized spacial score (nSPS) is 19.9. The molecule has 5 rings (SSSR count). The van der Waals surface area contributed by atoms with Crippen molar-refractivity contribution < 1.29 is 14.0 Å².